The van der Waals surface area contributed by atoms with Crippen molar-refractivity contribution in [3.05, 3.63) is 35.3 Å². The second-order valence-corrected chi connectivity index (χ2v) is 9.33. The Balaban J connectivity index is 1.89. The number of nitrogens with zero attached hydrogens (tertiary/aromatic N) is 2. The first-order valence-corrected chi connectivity index (χ1v) is 9.67. The van der Waals surface area contributed by atoms with E-state index < -0.39 is 5.54 Å². The van der Waals surface area contributed by atoms with Crippen LogP contribution >= 0.6 is 11.3 Å². The number of hydrogen-bond acceptors (Lipinski definition) is 5. The van der Waals surface area contributed by atoms with Gasteiger partial charge in [-0.1, -0.05) is 20.8 Å². The molecule has 0 spiro atoms. The number of ether oxygens (including phenoxy) is 1. The quantitative estimate of drug-likeness (QED) is 0.878. The van der Waals surface area contributed by atoms with E-state index in [4.69, 9.17) is 9.72 Å². The van der Waals surface area contributed by atoms with Gasteiger partial charge in [-0.15, -0.1) is 11.3 Å². The van der Waals surface area contributed by atoms with Gasteiger partial charge in [0.15, 0.2) is 0 Å². The highest BCUT2D eigenvalue weighted by Gasteiger charge is 2.47. The van der Waals surface area contributed by atoms with Crippen LogP contribution in [0, 0.1) is 5.41 Å². The molecule has 1 aliphatic heterocycles. The molecule has 140 valence electrons. The van der Waals surface area contributed by atoms with Gasteiger partial charge in [-0.3, -0.25) is 10.1 Å². The molecular formula is C20H27N3O2S. The molecule has 0 saturated carbocycles. The van der Waals surface area contributed by atoms with Gasteiger partial charge in [-0.05, 0) is 43.5 Å². The summed E-state index contributed by atoms with van der Waals surface area (Å²) in [6, 6.07) is 7.88. The number of thiazole rings is 1. The van der Waals surface area contributed by atoms with E-state index in [0.29, 0.717) is 6.54 Å². The highest BCUT2D eigenvalue weighted by molar-refractivity contribution is 7.13. The van der Waals surface area contributed by atoms with E-state index in [0.717, 1.165) is 22.0 Å². The smallest absolute Gasteiger partial charge is 0.243 e. The lowest BCUT2D eigenvalue weighted by Gasteiger charge is -2.30. The molecular weight excluding hydrogens is 346 g/mol. The number of aromatic nitrogens is 1. The Morgan fingerprint density at radius 1 is 1.27 bits per heavy atom. The topological polar surface area (TPSA) is 54.5 Å². The van der Waals surface area contributed by atoms with E-state index in [1.807, 2.05) is 48.4 Å². The van der Waals surface area contributed by atoms with Crippen molar-refractivity contribution in [1.29, 1.82) is 0 Å². The molecule has 5 nitrogen and oxygen atoms in total. The van der Waals surface area contributed by atoms with Gasteiger partial charge in [0.05, 0.1) is 18.3 Å². The lowest BCUT2D eigenvalue weighted by molar-refractivity contribution is -0.133. The van der Waals surface area contributed by atoms with Crippen LogP contribution in [0.5, 0.6) is 5.75 Å². The monoisotopic (exact) mass is 373 g/mol. The van der Waals surface area contributed by atoms with Crippen LogP contribution in [-0.2, 0) is 4.79 Å². The molecule has 2 heterocycles. The van der Waals surface area contributed by atoms with Crippen molar-refractivity contribution in [2.24, 2.45) is 5.41 Å². The molecule has 6 heteroatoms. The number of methoxy groups -OCH3 is 1. The Bertz CT molecular complexity index is 790. The minimum Gasteiger partial charge on any atom is -0.497 e. The molecule has 0 radical (unpaired) electrons. The SMILES string of the molecule is COc1ccc(-c2nc(C3NC(C)(C)C(=O)N3CC(C)(C)C)cs2)cc1. The number of carbonyl (C=O) groups excluding carboxylic acids is 1. The highest BCUT2D eigenvalue weighted by atomic mass is 32.1. The molecule has 1 aromatic carbocycles. The van der Waals surface area contributed by atoms with Crippen LogP contribution in [0.15, 0.2) is 29.6 Å². The Morgan fingerprint density at radius 3 is 2.50 bits per heavy atom. The minimum absolute atomic E-state index is 0.0187. The summed E-state index contributed by atoms with van der Waals surface area (Å²) >= 11 is 1.59. The number of benzene rings is 1. The molecule has 0 bridgehead atoms. The molecule has 1 aliphatic rings. The maximum Gasteiger partial charge on any atom is 0.243 e. The summed E-state index contributed by atoms with van der Waals surface area (Å²) in [5.74, 6) is 0.947. The van der Waals surface area contributed by atoms with Crippen molar-refractivity contribution >= 4 is 17.2 Å². The van der Waals surface area contributed by atoms with Crippen molar-refractivity contribution < 1.29 is 9.53 Å². The lowest BCUT2D eigenvalue weighted by Crippen LogP contribution is -2.41. The third-order valence-electron chi connectivity index (χ3n) is 4.39. The lowest BCUT2D eigenvalue weighted by atomic mass is 9.95. The van der Waals surface area contributed by atoms with Crippen LogP contribution < -0.4 is 10.1 Å². The third-order valence-corrected chi connectivity index (χ3v) is 5.30. The maximum absolute atomic E-state index is 12.9. The predicted octanol–water partition coefficient (Wildman–Crippen LogP) is 4.07. The van der Waals surface area contributed by atoms with Crippen LogP contribution in [0.1, 0.15) is 46.5 Å². The van der Waals surface area contributed by atoms with Crippen molar-refractivity contribution in [1.82, 2.24) is 15.2 Å². The summed E-state index contributed by atoms with van der Waals surface area (Å²) in [4.78, 5) is 19.6. The molecule has 0 aliphatic carbocycles. The highest BCUT2D eigenvalue weighted by Crippen LogP contribution is 2.35. The van der Waals surface area contributed by atoms with Gasteiger partial charge in [0.2, 0.25) is 5.91 Å². The van der Waals surface area contributed by atoms with Gasteiger partial charge >= 0.3 is 0 Å². The standard InChI is InChI=1S/C20H27N3O2S/c1-19(2,3)12-23-16(22-20(4,5)18(23)24)15-11-26-17(21-15)13-7-9-14(25-6)10-8-13/h7-11,16,22H,12H2,1-6H3. The normalized spacial score (nSPS) is 19.8. The number of rotatable bonds is 4. The van der Waals surface area contributed by atoms with E-state index >= 15 is 0 Å². The minimum atomic E-state index is -0.584. The number of hydrogen-bond donors (Lipinski definition) is 1. The van der Waals surface area contributed by atoms with E-state index in [-0.39, 0.29) is 17.5 Å². The van der Waals surface area contributed by atoms with Crippen LogP contribution in [0.2, 0.25) is 0 Å². The van der Waals surface area contributed by atoms with E-state index in [1.165, 1.54) is 0 Å². The largest absolute Gasteiger partial charge is 0.497 e. The number of amides is 1. The molecule has 2 aromatic rings. The van der Waals surface area contributed by atoms with E-state index in [2.05, 4.69) is 26.1 Å². The first-order chi connectivity index (χ1) is 12.1. The summed E-state index contributed by atoms with van der Waals surface area (Å²) in [6.45, 7) is 11.0. The zero-order valence-corrected chi connectivity index (χ0v) is 17.1. The number of carbonyl (C=O) groups is 1. The molecule has 1 unspecified atom stereocenters. The summed E-state index contributed by atoms with van der Waals surface area (Å²) < 4.78 is 5.22. The van der Waals surface area contributed by atoms with E-state index in [1.54, 1.807) is 18.4 Å². The summed E-state index contributed by atoms with van der Waals surface area (Å²) in [7, 11) is 1.66. The Labute approximate surface area is 159 Å². The Kier molecular flexibility index (Phi) is 4.84. The van der Waals surface area contributed by atoms with Gasteiger partial charge in [0.25, 0.3) is 0 Å². The molecule has 1 fully saturated rings. The fraction of sp³-hybridized carbons (Fsp3) is 0.500. The average Bonchev–Trinajstić information content (AvgIpc) is 3.13. The van der Waals surface area contributed by atoms with Gasteiger partial charge in [0, 0.05) is 17.5 Å². The molecule has 1 aromatic heterocycles. The van der Waals surface area contributed by atoms with Crippen LogP contribution in [0.3, 0.4) is 0 Å². The molecule has 1 saturated heterocycles. The van der Waals surface area contributed by atoms with Crippen molar-refractivity contribution in [3.63, 3.8) is 0 Å². The first kappa shape index (κ1) is 18.9. The van der Waals surface area contributed by atoms with Gasteiger partial charge in [-0.2, -0.15) is 0 Å². The Morgan fingerprint density at radius 2 is 1.92 bits per heavy atom. The van der Waals surface area contributed by atoms with Gasteiger partial charge in [-0.25, -0.2) is 4.98 Å². The molecule has 1 atom stereocenters. The van der Waals surface area contributed by atoms with Crippen LogP contribution in [-0.4, -0.2) is 35.0 Å². The average molecular weight is 374 g/mol. The molecule has 1 amide bonds. The summed E-state index contributed by atoms with van der Waals surface area (Å²) in [5, 5.41) is 6.44. The summed E-state index contributed by atoms with van der Waals surface area (Å²) in [5.41, 5.74) is 1.38. The Hall–Kier alpha value is -1.92. The van der Waals surface area contributed by atoms with Crippen molar-refractivity contribution in [2.75, 3.05) is 13.7 Å². The second kappa shape index (κ2) is 6.67. The van der Waals surface area contributed by atoms with Crippen molar-refractivity contribution in [2.45, 2.75) is 46.3 Å². The fourth-order valence-electron chi connectivity index (χ4n) is 3.14. The number of nitrogens with one attached hydrogen (secondary N) is 1. The maximum atomic E-state index is 12.9. The van der Waals surface area contributed by atoms with Crippen LogP contribution in [0.4, 0.5) is 0 Å². The first-order valence-electron chi connectivity index (χ1n) is 8.79. The third kappa shape index (κ3) is 3.76. The predicted molar refractivity (Wildman–Crippen MR) is 105 cm³/mol. The molecule has 1 N–H and O–H groups in total. The van der Waals surface area contributed by atoms with Crippen LogP contribution in [0.25, 0.3) is 10.6 Å². The molecule has 26 heavy (non-hydrogen) atoms. The zero-order chi connectivity index (χ0) is 19.1. The van der Waals surface area contributed by atoms with E-state index in [9.17, 15) is 4.79 Å². The van der Waals surface area contributed by atoms with Crippen molar-refractivity contribution in [3.8, 4) is 16.3 Å². The van der Waals surface area contributed by atoms with Gasteiger partial charge < -0.3 is 9.64 Å². The zero-order valence-electron chi connectivity index (χ0n) is 16.3. The second-order valence-electron chi connectivity index (χ2n) is 8.47. The summed E-state index contributed by atoms with van der Waals surface area (Å²) in [6.07, 6.45) is -0.194. The fourth-order valence-corrected chi connectivity index (χ4v) is 3.99. The van der Waals surface area contributed by atoms with Gasteiger partial charge in [0.1, 0.15) is 16.9 Å². The molecule has 3 rings (SSSR count).